The first-order chi connectivity index (χ1) is 8.42. The Hall–Kier alpha value is -0.810. The van der Waals surface area contributed by atoms with Crippen molar-refractivity contribution in [1.29, 1.82) is 0 Å². The maximum absolute atomic E-state index is 11.6. The van der Waals surface area contributed by atoms with Gasteiger partial charge < -0.3 is 15.8 Å². The highest BCUT2D eigenvalue weighted by Gasteiger charge is 2.21. The van der Waals surface area contributed by atoms with Crippen LogP contribution >= 0.6 is 0 Å². The van der Waals surface area contributed by atoms with E-state index in [0.717, 1.165) is 13.1 Å². The van der Waals surface area contributed by atoms with E-state index >= 15 is 0 Å². The fourth-order valence-electron chi connectivity index (χ4n) is 2.16. The van der Waals surface area contributed by atoms with E-state index < -0.39 is 5.60 Å². The molecule has 0 radical (unpaired) electrons. The van der Waals surface area contributed by atoms with Crippen LogP contribution in [-0.4, -0.2) is 48.8 Å². The number of rotatable bonds is 4. The molecule has 0 aromatic rings. The summed E-state index contributed by atoms with van der Waals surface area (Å²) in [5.74, 6) is 0. The van der Waals surface area contributed by atoms with Crippen molar-refractivity contribution in [2.24, 2.45) is 5.73 Å². The molecule has 0 bridgehead atoms. The number of piperidine rings is 1. The largest absolute Gasteiger partial charge is 0.444 e. The zero-order valence-corrected chi connectivity index (χ0v) is 11.9. The first kappa shape index (κ1) is 15.2. The first-order valence-electron chi connectivity index (χ1n) is 6.83. The number of carbonyl (C=O) groups excluding carboxylic acids is 1. The monoisotopic (exact) mass is 257 g/mol. The summed E-state index contributed by atoms with van der Waals surface area (Å²) in [6, 6.07) is 0.220. The van der Waals surface area contributed by atoms with Gasteiger partial charge in [-0.1, -0.05) is 6.42 Å². The van der Waals surface area contributed by atoms with Crippen molar-refractivity contribution in [1.82, 2.24) is 10.2 Å². The zero-order chi connectivity index (χ0) is 13.6. The fourth-order valence-corrected chi connectivity index (χ4v) is 2.16. The number of alkyl carbamates (subject to hydrolysis) is 1. The molecule has 0 spiro atoms. The normalized spacial score (nSPS) is 19.3. The quantitative estimate of drug-likeness (QED) is 0.797. The van der Waals surface area contributed by atoms with Crippen molar-refractivity contribution in [3.05, 3.63) is 0 Å². The zero-order valence-electron chi connectivity index (χ0n) is 11.9. The molecule has 3 N–H and O–H groups in total. The van der Waals surface area contributed by atoms with Crippen molar-refractivity contribution in [3.8, 4) is 0 Å². The number of ether oxygens (including phenoxy) is 1. The molecule has 0 aromatic carbocycles. The third-order valence-corrected chi connectivity index (χ3v) is 3.06. The van der Waals surface area contributed by atoms with Gasteiger partial charge in [0.2, 0.25) is 0 Å². The van der Waals surface area contributed by atoms with Gasteiger partial charge in [0.15, 0.2) is 0 Å². The molecule has 1 heterocycles. The van der Waals surface area contributed by atoms with Gasteiger partial charge in [-0.15, -0.1) is 0 Å². The number of nitrogens with one attached hydrogen (secondary N) is 1. The smallest absolute Gasteiger partial charge is 0.407 e. The van der Waals surface area contributed by atoms with Crippen LogP contribution in [0.5, 0.6) is 0 Å². The van der Waals surface area contributed by atoms with Crippen molar-refractivity contribution in [2.45, 2.75) is 51.7 Å². The molecular formula is C13H27N3O2. The van der Waals surface area contributed by atoms with Crippen LogP contribution < -0.4 is 11.1 Å². The summed E-state index contributed by atoms with van der Waals surface area (Å²) in [6.45, 7) is 8.86. The lowest BCUT2D eigenvalue weighted by molar-refractivity contribution is 0.0504. The minimum absolute atomic E-state index is 0.220. The van der Waals surface area contributed by atoms with Crippen LogP contribution in [0.15, 0.2) is 0 Å². The lowest BCUT2D eigenvalue weighted by Crippen LogP contribution is -2.50. The Morgan fingerprint density at radius 2 is 1.94 bits per heavy atom. The van der Waals surface area contributed by atoms with Gasteiger partial charge in [0, 0.05) is 19.1 Å². The summed E-state index contributed by atoms with van der Waals surface area (Å²) in [4.78, 5) is 13.9. The van der Waals surface area contributed by atoms with Crippen molar-refractivity contribution in [3.63, 3.8) is 0 Å². The molecule has 0 aliphatic carbocycles. The van der Waals surface area contributed by atoms with E-state index in [-0.39, 0.29) is 12.1 Å². The number of hydrogen-bond donors (Lipinski definition) is 2. The molecule has 5 heteroatoms. The fraction of sp³-hybridized carbons (Fsp3) is 0.923. The second kappa shape index (κ2) is 6.95. The molecule has 18 heavy (non-hydrogen) atoms. The molecule has 1 amide bonds. The van der Waals surface area contributed by atoms with E-state index in [1.165, 1.54) is 19.3 Å². The highest BCUT2D eigenvalue weighted by Crippen LogP contribution is 2.11. The Balaban J connectivity index is 2.32. The number of hydrogen-bond acceptors (Lipinski definition) is 4. The molecule has 1 unspecified atom stereocenters. The molecule has 1 saturated heterocycles. The number of amides is 1. The summed E-state index contributed by atoms with van der Waals surface area (Å²) >= 11 is 0. The third kappa shape index (κ3) is 5.69. The van der Waals surface area contributed by atoms with Gasteiger partial charge in [0.25, 0.3) is 0 Å². The standard InChI is InChI=1S/C13H27N3O2/c1-13(2,3)18-12(17)15-10-11(9-14)16-7-5-4-6-8-16/h11H,4-10,14H2,1-3H3,(H,15,17). The van der Waals surface area contributed by atoms with Gasteiger partial charge in [-0.05, 0) is 46.7 Å². The van der Waals surface area contributed by atoms with Crippen molar-refractivity contribution in [2.75, 3.05) is 26.2 Å². The van der Waals surface area contributed by atoms with E-state index in [4.69, 9.17) is 10.5 Å². The Morgan fingerprint density at radius 1 is 1.33 bits per heavy atom. The first-order valence-corrected chi connectivity index (χ1v) is 6.83. The second-order valence-corrected chi connectivity index (χ2v) is 5.87. The Kier molecular flexibility index (Phi) is 5.88. The Bertz CT molecular complexity index is 257. The van der Waals surface area contributed by atoms with E-state index in [1.54, 1.807) is 0 Å². The summed E-state index contributed by atoms with van der Waals surface area (Å²) in [7, 11) is 0. The van der Waals surface area contributed by atoms with Crippen LogP contribution in [-0.2, 0) is 4.74 Å². The summed E-state index contributed by atoms with van der Waals surface area (Å²) in [5, 5.41) is 2.80. The van der Waals surface area contributed by atoms with Crippen LogP contribution in [0.1, 0.15) is 40.0 Å². The number of carbonyl (C=O) groups is 1. The molecule has 5 nitrogen and oxygen atoms in total. The van der Waals surface area contributed by atoms with Gasteiger partial charge >= 0.3 is 6.09 Å². The molecule has 1 rings (SSSR count). The van der Waals surface area contributed by atoms with E-state index in [2.05, 4.69) is 10.2 Å². The predicted molar refractivity (Wildman–Crippen MR) is 72.5 cm³/mol. The van der Waals surface area contributed by atoms with E-state index in [1.807, 2.05) is 20.8 Å². The number of nitrogens with zero attached hydrogens (tertiary/aromatic N) is 1. The molecular weight excluding hydrogens is 230 g/mol. The maximum Gasteiger partial charge on any atom is 0.407 e. The molecule has 1 aliphatic rings. The van der Waals surface area contributed by atoms with Crippen LogP contribution in [0.3, 0.4) is 0 Å². The molecule has 0 aromatic heterocycles. The lowest BCUT2D eigenvalue weighted by atomic mass is 10.1. The molecule has 1 atom stereocenters. The average Bonchev–Trinajstić information content (AvgIpc) is 2.29. The SMILES string of the molecule is CC(C)(C)OC(=O)NCC(CN)N1CCCCC1. The number of nitrogens with two attached hydrogens (primary N) is 1. The van der Waals surface area contributed by atoms with Crippen LogP contribution in [0.4, 0.5) is 4.79 Å². The summed E-state index contributed by atoms with van der Waals surface area (Å²) < 4.78 is 5.21. The van der Waals surface area contributed by atoms with Crippen molar-refractivity contribution < 1.29 is 9.53 Å². The molecule has 1 fully saturated rings. The highest BCUT2D eigenvalue weighted by atomic mass is 16.6. The minimum atomic E-state index is -0.451. The third-order valence-electron chi connectivity index (χ3n) is 3.06. The van der Waals surface area contributed by atoms with Gasteiger partial charge in [-0.2, -0.15) is 0 Å². The van der Waals surface area contributed by atoms with Gasteiger partial charge in [-0.25, -0.2) is 4.79 Å². The van der Waals surface area contributed by atoms with Crippen molar-refractivity contribution >= 4 is 6.09 Å². The molecule has 0 saturated carbocycles. The topological polar surface area (TPSA) is 67.6 Å². The minimum Gasteiger partial charge on any atom is -0.444 e. The van der Waals surface area contributed by atoms with Gasteiger partial charge in [-0.3, -0.25) is 4.90 Å². The Morgan fingerprint density at radius 3 is 2.44 bits per heavy atom. The lowest BCUT2D eigenvalue weighted by Gasteiger charge is -2.34. The predicted octanol–water partition coefficient (Wildman–Crippen LogP) is 1.32. The summed E-state index contributed by atoms with van der Waals surface area (Å²) in [6.07, 6.45) is 3.39. The van der Waals surface area contributed by atoms with E-state index in [0.29, 0.717) is 13.1 Å². The summed E-state index contributed by atoms with van der Waals surface area (Å²) in [5.41, 5.74) is 5.33. The molecule has 106 valence electrons. The molecule has 1 aliphatic heterocycles. The highest BCUT2D eigenvalue weighted by molar-refractivity contribution is 5.67. The average molecular weight is 257 g/mol. The van der Waals surface area contributed by atoms with Crippen LogP contribution in [0, 0.1) is 0 Å². The van der Waals surface area contributed by atoms with Crippen LogP contribution in [0.2, 0.25) is 0 Å². The second-order valence-electron chi connectivity index (χ2n) is 5.87. The maximum atomic E-state index is 11.6. The Labute approximate surface area is 110 Å². The van der Waals surface area contributed by atoms with Crippen LogP contribution in [0.25, 0.3) is 0 Å². The number of likely N-dealkylation sites (tertiary alicyclic amines) is 1. The van der Waals surface area contributed by atoms with Gasteiger partial charge in [0.05, 0.1) is 0 Å². The van der Waals surface area contributed by atoms with Gasteiger partial charge in [0.1, 0.15) is 5.60 Å². The van der Waals surface area contributed by atoms with E-state index in [9.17, 15) is 4.79 Å².